The van der Waals surface area contributed by atoms with Crippen molar-refractivity contribution in [2.24, 2.45) is 5.92 Å². The molecule has 1 aliphatic heterocycles. The molecule has 2 rings (SSSR count). The van der Waals surface area contributed by atoms with Crippen LogP contribution in [-0.4, -0.2) is 41.1 Å². The molecule has 0 aliphatic carbocycles. The molecule has 6 nitrogen and oxygen atoms in total. The van der Waals surface area contributed by atoms with Crippen LogP contribution in [0.2, 0.25) is 0 Å². The molecular weight excluding hydrogens is 254 g/mol. The van der Waals surface area contributed by atoms with Crippen LogP contribution >= 0.6 is 0 Å². The van der Waals surface area contributed by atoms with E-state index < -0.39 is 10.0 Å². The van der Waals surface area contributed by atoms with Gasteiger partial charge in [-0.3, -0.25) is 5.10 Å². The lowest BCUT2D eigenvalue weighted by Crippen LogP contribution is -2.38. The molecule has 2 N–H and O–H groups in total. The van der Waals surface area contributed by atoms with E-state index in [1.807, 2.05) is 0 Å². The lowest BCUT2D eigenvalue weighted by Gasteiger charge is -2.30. The second kappa shape index (κ2) is 5.38. The highest BCUT2D eigenvalue weighted by atomic mass is 32.2. The number of nitrogens with zero attached hydrogens (tertiary/aromatic N) is 2. The number of aliphatic hydroxyl groups excluding tert-OH is 1. The van der Waals surface area contributed by atoms with Gasteiger partial charge in [-0.1, -0.05) is 13.3 Å². The van der Waals surface area contributed by atoms with Crippen LogP contribution in [0.3, 0.4) is 0 Å². The minimum atomic E-state index is -3.54. The van der Waals surface area contributed by atoms with Crippen LogP contribution < -0.4 is 0 Å². The zero-order valence-electron chi connectivity index (χ0n) is 10.5. The highest BCUT2D eigenvalue weighted by Crippen LogP contribution is 2.25. The summed E-state index contributed by atoms with van der Waals surface area (Å²) in [5.41, 5.74) is 0.326. The molecule has 0 bridgehead atoms. The Kier molecular flexibility index (Phi) is 4.04. The number of piperidine rings is 1. The Bertz CT molecular complexity index is 489. The average molecular weight is 273 g/mol. The molecule has 0 spiro atoms. The van der Waals surface area contributed by atoms with Gasteiger partial charge >= 0.3 is 0 Å². The predicted molar refractivity (Wildman–Crippen MR) is 66.3 cm³/mol. The monoisotopic (exact) mass is 273 g/mol. The zero-order chi connectivity index (χ0) is 13.2. The Labute approximate surface area is 107 Å². The van der Waals surface area contributed by atoms with E-state index in [9.17, 15) is 8.42 Å². The summed E-state index contributed by atoms with van der Waals surface area (Å²) in [6, 6.07) is 0. The first-order chi connectivity index (χ1) is 8.59. The van der Waals surface area contributed by atoms with Crippen LogP contribution in [0.25, 0.3) is 0 Å². The van der Waals surface area contributed by atoms with E-state index in [0.717, 1.165) is 19.3 Å². The lowest BCUT2D eigenvalue weighted by molar-refractivity contribution is 0.264. The molecule has 0 radical (unpaired) electrons. The fraction of sp³-hybridized carbons (Fsp3) is 0.727. The summed E-state index contributed by atoms with van der Waals surface area (Å²) in [5.74, 6) is 0.621. The Balaban J connectivity index is 2.17. The lowest BCUT2D eigenvalue weighted by atomic mass is 9.96. The first-order valence-corrected chi connectivity index (χ1v) is 7.66. The molecule has 0 amide bonds. The van der Waals surface area contributed by atoms with E-state index in [2.05, 4.69) is 17.1 Å². The quantitative estimate of drug-likeness (QED) is 0.846. The minimum absolute atomic E-state index is 0.0277. The topological polar surface area (TPSA) is 86.3 Å². The van der Waals surface area contributed by atoms with Gasteiger partial charge in [0.25, 0.3) is 10.0 Å². The molecule has 1 saturated heterocycles. The van der Waals surface area contributed by atoms with Crippen molar-refractivity contribution in [2.75, 3.05) is 13.1 Å². The summed E-state index contributed by atoms with van der Waals surface area (Å²) < 4.78 is 26.2. The standard InChI is InChI=1S/C11H19N3O3S/c1-2-9-3-5-14(6-4-9)18(16,17)11-10(8-15)7-12-13-11/h7,9,15H,2-6,8H2,1H3,(H,12,13). The molecule has 0 aromatic carbocycles. The molecule has 0 atom stereocenters. The van der Waals surface area contributed by atoms with Crippen molar-refractivity contribution >= 4 is 10.0 Å². The first kappa shape index (κ1) is 13.5. The predicted octanol–water partition coefficient (Wildman–Crippen LogP) is 0.713. The van der Waals surface area contributed by atoms with Gasteiger partial charge in [0.05, 0.1) is 12.8 Å². The van der Waals surface area contributed by atoms with E-state index in [4.69, 9.17) is 5.11 Å². The van der Waals surface area contributed by atoms with Crippen molar-refractivity contribution in [1.29, 1.82) is 0 Å². The summed E-state index contributed by atoms with van der Waals surface area (Å²) >= 11 is 0. The van der Waals surface area contributed by atoms with Crippen LogP contribution in [0.5, 0.6) is 0 Å². The highest BCUT2D eigenvalue weighted by molar-refractivity contribution is 7.89. The van der Waals surface area contributed by atoms with E-state index in [1.54, 1.807) is 0 Å². The third-order valence-corrected chi connectivity index (χ3v) is 5.51. The van der Waals surface area contributed by atoms with Crippen molar-refractivity contribution in [3.63, 3.8) is 0 Å². The van der Waals surface area contributed by atoms with Gasteiger partial charge in [-0.05, 0) is 18.8 Å². The van der Waals surface area contributed by atoms with Gasteiger partial charge in [0, 0.05) is 18.7 Å². The van der Waals surface area contributed by atoms with Crippen molar-refractivity contribution in [1.82, 2.24) is 14.5 Å². The average Bonchev–Trinajstić information content (AvgIpc) is 2.88. The van der Waals surface area contributed by atoms with Crippen molar-refractivity contribution < 1.29 is 13.5 Å². The maximum Gasteiger partial charge on any atom is 0.260 e. The summed E-state index contributed by atoms with van der Waals surface area (Å²) in [5, 5.41) is 15.3. The number of rotatable bonds is 4. The Morgan fingerprint density at radius 2 is 2.17 bits per heavy atom. The minimum Gasteiger partial charge on any atom is -0.392 e. The number of aromatic nitrogens is 2. The largest absolute Gasteiger partial charge is 0.392 e. The molecule has 1 fully saturated rings. The van der Waals surface area contributed by atoms with Gasteiger partial charge in [-0.15, -0.1) is 0 Å². The first-order valence-electron chi connectivity index (χ1n) is 6.22. The zero-order valence-corrected chi connectivity index (χ0v) is 11.3. The maximum atomic E-state index is 12.4. The number of hydrogen-bond acceptors (Lipinski definition) is 4. The Morgan fingerprint density at radius 3 is 2.72 bits per heavy atom. The fourth-order valence-electron chi connectivity index (χ4n) is 2.32. The Hall–Kier alpha value is -0.920. The number of nitrogens with one attached hydrogen (secondary N) is 1. The van der Waals surface area contributed by atoms with Crippen molar-refractivity contribution in [3.05, 3.63) is 11.8 Å². The SMILES string of the molecule is CCC1CCN(S(=O)(=O)c2[nH]ncc2CO)CC1. The van der Waals surface area contributed by atoms with Gasteiger partial charge in [0.2, 0.25) is 0 Å². The summed E-state index contributed by atoms with van der Waals surface area (Å²) in [6.07, 6.45) is 4.25. The van der Waals surface area contributed by atoms with Gasteiger partial charge in [-0.2, -0.15) is 9.40 Å². The third-order valence-electron chi connectivity index (χ3n) is 3.60. The van der Waals surface area contributed by atoms with Gasteiger partial charge in [0.1, 0.15) is 0 Å². The molecular formula is C11H19N3O3S. The molecule has 2 heterocycles. The smallest absolute Gasteiger partial charge is 0.260 e. The van der Waals surface area contributed by atoms with Crippen LogP contribution in [0, 0.1) is 5.92 Å². The van der Waals surface area contributed by atoms with E-state index in [-0.39, 0.29) is 11.6 Å². The third kappa shape index (κ3) is 2.43. The second-order valence-corrected chi connectivity index (χ2v) is 6.51. The number of hydrogen-bond donors (Lipinski definition) is 2. The highest BCUT2D eigenvalue weighted by Gasteiger charge is 2.31. The van der Waals surface area contributed by atoms with E-state index in [0.29, 0.717) is 24.6 Å². The molecule has 18 heavy (non-hydrogen) atoms. The van der Waals surface area contributed by atoms with Crippen LogP contribution in [0.1, 0.15) is 31.7 Å². The maximum absolute atomic E-state index is 12.4. The number of aliphatic hydroxyl groups is 1. The fourth-order valence-corrected chi connectivity index (χ4v) is 3.89. The van der Waals surface area contributed by atoms with E-state index >= 15 is 0 Å². The molecule has 0 saturated carbocycles. The van der Waals surface area contributed by atoms with Gasteiger partial charge in [0.15, 0.2) is 5.03 Å². The molecule has 0 unspecified atom stereocenters. The number of H-pyrrole nitrogens is 1. The number of aromatic amines is 1. The van der Waals surface area contributed by atoms with Crippen LogP contribution in [0.15, 0.2) is 11.2 Å². The Morgan fingerprint density at radius 1 is 1.50 bits per heavy atom. The van der Waals surface area contributed by atoms with Gasteiger partial charge < -0.3 is 5.11 Å². The number of sulfonamides is 1. The molecule has 7 heteroatoms. The van der Waals surface area contributed by atoms with Crippen LogP contribution in [-0.2, 0) is 16.6 Å². The molecule has 1 aromatic rings. The summed E-state index contributed by atoms with van der Waals surface area (Å²) in [6.45, 7) is 2.90. The van der Waals surface area contributed by atoms with Crippen molar-refractivity contribution in [2.45, 2.75) is 37.8 Å². The van der Waals surface area contributed by atoms with E-state index in [1.165, 1.54) is 10.5 Å². The molecule has 102 valence electrons. The molecule has 1 aliphatic rings. The normalized spacial score (nSPS) is 19.2. The summed E-state index contributed by atoms with van der Waals surface area (Å²) in [7, 11) is -3.54. The summed E-state index contributed by atoms with van der Waals surface area (Å²) in [4.78, 5) is 0. The van der Waals surface area contributed by atoms with Crippen molar-refractivity contribution in [3.8, 4) is 0 Å². The van der Waals surface area contributed by atoms with Gasteiger partial charge in [-0.25, -0.2) is 8.42 Å². The molecule has 1 aromatic heterocycles. The van der Waals surface area contributed by atoms with Crippen LogP contribution in [0.4, 0.5) is 0 Å². The second-order valence-electron chi connectivity index (χ2n) is 4.64.